The normalized spacial score (nSPS) is 18.3. The van der Waals surface area contributed by atoms with Gasteiger partial charge in [-0.2, -0.15) is 0 Å². The van der Waals surface area contributed by atoms with Gasteiger partial charge in [0.2, 0.25) is 5.91 Å². The number of likely N-dealkylation sites (tertiary alicyclic amines) is 1. The molecule has 1 saturated heterocycles. The van der Waals surface area contributed by atoms with Gasteiger partial charge in [-0.25, -0.2) is 9.50 Å². The number of aromatic nitrogens is 3. The number of hydrogen-bond acceptors (Lipinski definition) is 5. The van der Waals surface area contributed by atoms with Crippen molar-refractivity contribution in [2.75, 3.05) is 33.4 Å². The average molecular weight is 416 g/mol. The molecule has 0 aromatic carbocycles. The van der Waals surface area contributed by atoms with Gasteiger partial charge in [-0.15, -0.1) is 0 Å². The van der Waals surface area contributed by atoms with Gasteiger partial charge in [0.25, 0.3) is 5.56 Å². The van der Waals surface area contributed by atoms with Crippen LogP contribution in [0, 0.1) is 0 Å². The molecule has 2 aliphatic rings. The first kappa shape index (κ1) is 21.1. The smallest absolute Gasteiger partial charge is 0.277 e. The quantitative estimate of drug-likeness (QED) is 0.779. The monoisotopic (exact) mass is 415 g/mol. The summed E-state index contributed by atoms with van der Waals surface area (Å²) in [6, 6.07) is 2.54. The Kier molecular flexibility index (Phi) is 6.24. The molecule has 0 unspecified atom stereocenters. The lowest BCUT2D eigenvalue weighted by Gasteiger charge is -2.33. The number of piperidine rings is 1. The molecular formula is C22H33N5O3. The van der Waals surface area contributed by atoms with Gasteiger partial charge in [0.1, 0.15) is 6.61 Å². The highest BCUT2D eigenvalue weighted by Crippen LogP contribution is 2.28. The fourth-order valence-corrected chi connectivity index (χ4v) is 5.00. The topological polar surface area (TPSA) is 82.9 Å². The summed E-state index contributed by atoms with van der Waals surface area (Å²) in [5.74, 6) is 0.343. The van der Waals surface area contributed by atoms with Crippen LogP contribution in [0.5, 0.6) is 0 Å². The molecule has 30 heavy (non-hydrogen) atoms. The number of H-pyrrole nitrogens is 1. The molecule has 2 aromatic rings. The zero-order valence-electron chi connectivity index (χ0n) is 18.3. The van der Waals surface area contributed by atoms with Crippen molar-refractivity contribution < 1.29 is 9.53 Å². The fraction of sp³-hybridized carbons (Fsp3) is 0.682. The zero-order valence-corrected chi connectivity index (χ0v) is 18.3. The van der Waals surface area contributed by atoms with Gasteiger partial charge in [0.05, 0.1) is 11.3 Å². The minimum Gasteiger partial charge on any atom is -0.375 e. The number of ether oxygens (including phenoxy) is 1. The van der Waals surface area contributed by atoms with Gasteiger partial charge in [0, 0.05) is 63.4 Å². The predicted molar refractivity (Wildman–Crippen MR) is 115 cm³/mol. The Morgan fingerprint density at radius 3 is 2.67 bits per heavy atom. The number of methoxy groups -OCH3 is 1. The molecule has 4 heterocycles. The Bertz CT molecular complexity index is 954. The van der Waals surface area contributed by atoms with E-state index in [0.717, 1.165) is 55.6 Å². The fourth-order valence-electron chi connectivity index (χ4n) is 5.00. The lowest BCUT2D eigenvalue weighted by atomic mass is 9.93. The van der Waals surface area contributed by atoms with E-state index in [0.29, 0.717) is 37.2 Å². The van der Waals surface area contributed by atoms with Gasteiger partial charge in [-0.1, -0.05) is 13.8 Å². The average Bonchev–Trinajstić information content (AvgIpc) is 3.20. The van der Waals surface area contributed by atoms with Crippen molar-refractivity contribution in [2.24, 2.45) is 0 Å². The zero-order chi connectivity index (χ0) is 21.3. The van der Waals surface area contributed by atoms with E-state index < -0.39 is 0 Å². The summed E-state index contributed by atoms with van der Waals surface area (Å²) >= 11 is 0. The van der Waals surface area contributed by atoms with E-state index in [2.05, 4.69) is 23.8 Å². The number of amides is 1. The second kappa shape index (κ2) is 8.89. The van der Waals surface area contributed by atoms with E-state index in [1.165, 1.54) is 0 Å². The van der Waals surface area contributed by atoms with Gasteiger partial charge in [-0.05, 0) is 25.7 Å². The van der Waals surface area contributed by atoms with E-state index in [1.807, 2.05) is 11.0 Å². The summed E-state index contributed by atoms with van der Waals surface area (Å²) in [5, 5.41) is 3.32. The largest absolute Gasteiger partial charge is 0.375 e. The number of hydrogen-bond donors (Lipinski definition) is 1. The van der Waals surface area contributed by atoms with Crippen LogP contribution < -0.4 is 5.56 Å². The Labute approximate surface area is 177 Å². The standard InChI is InChI=1S/C22H33N5O3/c1-4-16(5-2)26-11-8-18-17(13-26)22(29)27-20(23-18)12-19(24-27)15-6-9-25(10-7-15)21(28)14-30-3/h12,15-16,24H,4-11,13-14H2,1-3H3. The molecule has 4 rings (SSSR count). The highest BCUT2D eigenvalue weighted by molar-refractivity contribution is 5.77. The maximum atomic E-state index is 13.2. The summed E-state index contributed by atoms with van der Waals surface area (Å²) in [6.07, 6.45) is 4.78. The van der Waals surface area contributed by atoms with Gasteiger partial charge in [-0.3, -0.25) is 19.6 Å². The lowest BCUT2D eigenvalue weighted by molar-refractivity contribution is -0.136. The lowest BCUT2D eigenvalue weighted by Crippen LogP contribution is -2.42. The van der Waals surface area contributed by atoms with Crippen LogP contribution in [0.25, 0.3) is 5.65 Å². The Hall–Kier alpha value is -2.19. The molecule has 0 saturated carbocycles. The van der Waals surface area contributed by atoms with E-state index in [1.54, 1.807) is 11.6 Å². The summed E-state index contributed by atoms with van der Waals surface area (Å²) < 4.78 is 6.58. The molecule has 0 aliphatic carbocycles. The second-order valence-electron chi connectivity index (χ2n) is 8.53. The molecule has 1 fully saturated rings. The highest BCUT2D eigenvalue weighted by Gasteiger charge is 2.28. The van der Waals surface area contributed by atoms with E-state index in [4.69, 9.17) is 9.72 Å². The molecule has 2 aliphatic heterocycles. The molecule has 1 N–H and O–H groups in total. The molecule has 8 heteroatoms. The third kappa shape index (κ3) is 3.90. The van der Waals surface area contributed by atoms with Crippen LogP contribution in [0.2, 0.25) is 0 Å². The van der Waals surface area contributed by atoms with Crippen molar-refractivity contribution in [3.05, 3.63) is 33.4 Å². The first-order chi connectivity index (χ1) is 14.5. The summed E-state index contributed by atoms with van der Waals surface area (Å²) in [5.41, 5.74) is 3.57. The summed E-state index contributed by atoms with van der Waals surface area (Å²) in [7, 11) is 1.54. The van der Waals surface area contributed by atoms with Crippen molar-refractivity contribution >= 4 is 11.6 Å². The van der Waals surface area contributed by atoms with Crippen LogP contribution in [0.1, 0.15) is 62.4 Å². The molecule has 0 atom stereocenters. The Morgan fingerprint density at radius 1 is 1.27 bits per heavy atom. The van der Waals surface area contributed by atoms with E-state index >= 15 is 0 Å². The van der Waals surface area contributed by atoms with Crippen molar-refractivity contribution in [3.63, 3.8) is 0 Å². The van der Waals surface area contributed by atoms with Gasteiger partial charge < -0.3 is 9.64 Å². The molecule has 0 radical (unpaired) electrons. The first-order valence-corrected chi connectivity index (χ1v) is 11.2. The molecule has 8 nitrogen and oxygen atoms in total. The number of carbonyl (C=O) groups excluding carboxylic acids is 1. The minimum atomic E-state index is 0.0321. The predicted octanol–water partition coefficient (Wildman–Crippen LogP) is 1.92. The molecular weight excluding hydrogens is 382 g/mol. The third-order valence-corrected chi connectivity index (χ3v) is 6.82. The first-order valence-electron chi connectivity index (χ1n) is 11.2. The van der Waals surface area contributed by atoms with E-state index in [-0.39, 0.29) is 18.1 Å². The summed E-state index contributed by atoms with van der Waals surface area (Å²) in [4.78, 5) is 34.4. The van der Waals surface area contributed by atoms with Crippen molar-refractivity contribution in [1.29, 1.82) is 0 Å². The molecule has 1 amide bonds. The van der Waals surface area contributed by atoms with Crippen LogP contribution in [-0.2, 0) is 22.5 Å². The van der Waals surface area contributed by atoms with Gasteiger partial charge in [0.15, 0.2) is 5.65 Å². The van der Waals surface area contributed by atoms with Crippen LogP contribution in [0.15, 0.2) is 10.9 Å². The maximum absolute atomic E-state index is 13.2. The number of aromatic amines is 1. The molecule has 2 aromatic heterocycles. The SMILES string of the molecule is CCC(CC)N1CCc2nc3cc(C4CCN(C(=O)COC)CC4)[nH]n3c(=O)c2C1. The number of nitrogens with one attached hydrogen (secondary N) is 1. The number of carbonyl (C=O) groups is 1. The van der Waals surface area contributed by atoms with Crippen LogP contribution in [0.3, 0.4) is 0 Å². The second-order valence-corrected chi connectivity index (χ2v) is 8.53. The van der Waals surface area contributed by atoms with E-state index in [9.17, 15) is 9.59 Å². The van der Waals surface area contributed by atoms with Crippen LogP contribution >= 0.6 is 0 Å². The molecule has 0 bridgehead atoms. The number of nitrogens with zero attached hydrogens (tertiary/aromatic N) is 4. The van der Waals surface area contributed by atoms with Gasteiger partial charge >= 0.3 is 0 Å². The van der Waals surface area contributed by atoms with Crippen molar-refractivity contribution in [2.45, 2.75) is 64.5 Å². The highest BCUT2D eigenvalue weighted by atomic mass is 16.5. The third-order valence-electron chi connectivity index (χ3n) is 6.82. The number of fused-ring (bicyclic) bond motifs is 2. The van der Waals surface area contributed by atoms with Crippen LogP contribution in [0.4, 0.5) is 0 Å². The minimum absolute atomic E-state index is 0.0321. The molecule has 0 spiro atoms. The van der Waals surface area contributed by atoms with Crippen molar-refractivity contribution in [3.8, 4) is 0 Å². The number of rotatable bonds is 6. The maximum Gasteiger partial charge on any atom is 0.277 e. The Balaban J connectivity index is 1.54. The van der Waals surface area contributed by atoms with Crippen LogP contribution in [-0.4, -0.2) is 69.7 Å². The Morgan fingerprint density at radius 2 is 2.00 bits per heavy atom. The molecule has 164 valence electrons. The van der Waals surface area contributed by atoms with Crippen molar-refractivity contribution in [1.82, 2.24) is 24.4 Å². The summed E-state index contributed by atoms with van der Waals surface area (Å²) in [6.45, 7) is 7.64.